The lowest BCUT2D eigenvalue weighted by molar-refractivity contribution is 0.515. The van der Waals surface area contributed by atoms with Gasteiger partial charge in [0.15, 0.2) is 5.58 Å². The van der Waals surface area contributed by atoms with E-state index in [0.29, 0.717) is 11.9 Å². The summed E-state index contributed by atoms with van der Waals surface area (Å²) in [6.45, 7) is 2.27. The van der Waals surface area contributed by atoms with Gasteiger partial charge in [-0.15, -0.1) is 0 Å². The highest BCUT2D eigenvalue weighted by Gasteiger charge is 2.20. The maximum absolute atomic E-state index is 12.4. The summed E-state index contributed by atoms with van der Waals surface area (Å²) in [5, 5.41) is 0. The van der Waals surface area contributed by atoms with E-state index in [1.165, 1.54) is 16.7 Å². The van der Waals surface area contributed by atoms with Gasteiger partial charge in [-0.3, -0.25) is 4.57 Å². The van der Waals surface area contributed by atoms with Crippen molar-refractivity contribution in [1.82, 2.24) is 9.29 Å². The number of nitrogens with one attached hydrogen (secondary N) is 1. The molecule has 0 aliphatic rings. The highest BCUT2D eigenvalue weighted by atomic mass is 32.2. The molecule has 0 spiro atoms. The number of hydrogen-bond acceptors (Lipinski definition) is 5. The fourth-order valence-electron chi connectivity index (χ4n) is 2.24. The summed E-state index contributed by atoms with van der Waals surface area (Å²) >= 11 is 0. The maximum atomic E-state index is 12.4. The smallest absolute Gasteiger partial charge is 0.408 e. The molecule has 0 saturated carbocycles. The number of benzene rings is 1. The summed E-state index contributed by atoms with van der Waals surface area (Å²) in [7, 11) is -2.13. The van der Waals surface area contributed by atoms with Crippen LogP contribution in [0.3, 0.4) is 0 Å². The number of nitrogens with zero attached hydrogens (tertiary/aromatic N) is 1. The van der Waals surface area contributed by atoms with E-state index in [4.69, 9.17) is 10.2 Å². The molecule has 0 bridgehead atoms. The van der Waals surface area contributed by atoms with Crippen LogP contribution in [0.4, 0.5) is 0 Å². The van der Waals surface area contributed by atoms with Crippen LogP contribution in [-0.2, 0) is 17.1 Å². The number of unbranched alkanes of at least 4 members (excludes halogenated alkanes) is 1. The van der Waals surface area contributed by atoms with Gasteiger partial charge in [-0.05, 0) is 18.6 Å². The largest absolute Gasteiger partial charge is 0.419 e. The Labute approximate surface area is 129 Å². The summed E-state index contributed by atoms with van der Waals surface area (Å²) in [6.07, 6.45) is 2.56. The van der Waals surface area contributed by atoms with Crippen LogP contribution in [0.5, 0.6) is 0 Å². The molecule has 22 heavy (non-hydrogen) atoms. The number of rotatable bonds is 7. The molecular weight excluding hydrogens is 306 g/mol. The minimum absolute atomic E-state index is 0.0595. The maximum Gasteiger partial charge on any atom is 0.419 e. The van der Waals surface area contributed by atoms with Gasteiger partial charge < -0.3 is 10.2 Å². The van der Waals surface area contributed by atoms with Crippen LogP contribution in [0, 0.1) is 0 Å². The number of hydrogen-bond donors (Lipinski definition) is 2. The molecule has 2 aromatic rings. The van der Waals surface area contributed by atoms with Gasteiger partial charge in [0, 0.05) is 25.7 Å². The first kappa shape index (κ1) is 16.7. The number of oxazole rings is 1. The van der Waals surface area contributed by atoms with Gasteiger partial charge in [0.25, 0.3) is 0 Å². The number of fused-ring (bicyclic) bond motifs is 1. The molecule has 2 rings (SSSR count). The number of aromatic nitrogens is 1. The van der Waals surface area contributed by atoms with Crippen LogP contribution in [0.25, 0.3) is 11.1 Å². The van der Waals surface area contributed by atoms with Gasteiger partial charge in [-0.2, -0.15) is 0 Å². The zero-order valence-electron chi connectivity index (χ0n) is 12.7. The molecule has 1 unspecified atom stereocenters. The number of aryl methyl sites for hydroxylation is 1. The normalized spacial score (nSPS) is 13.6. The van der Waals surface area contributed by atoms with Crippen molar-refractivity contribution in [1.29, 1.82) is 0 Å². The van der Waals surface area contributed by atoms with E-state index in [9.17, 15) is 13.2 Å². The topological polar surface area (TPSA) is 107 Å². The quantitative estimate of drug-likeness (QED) is 0.786. The van der Waals surface area contributed by atoms with Crippen molar-refractivity contribution in [3.05, 3.63) is 28.7 Å². The Kier molecular flexibility index (Phi) is 5.05. The first-order valence-electron chi connectivity index (χ1n) is 7.21. The Balaban J connectivity index is 2.30. The molecule has 0 saturated heterocycles. The van der Waals surface area contributed by atoms with Crippen molar-refractivity contribution in [3.63, 3.8) is 0 Å². The second kappa shape index (κ2) is 6.64. The van der Waals surface area contributed by atoms with Crippen LogP contribution in [-0.4, -0.2) is 25.6 Å². The summed E-state index contributed by atoms with van der Waals surface area (Å²) in [5.74, 6) is -0.528. The second-order valence-corrected chi connectivity index (χ2v) is 6.97. The van der Waals surface area contributed by atoms with Crippen molar-refractivity contribution in [2.24, 2.45) is 12.8 Å². The van der Waals surface area contributed by atoms with Gasteiger partial charge >= 0.3 is 5.76 Å². The highest BCUT2D eigenvalue weighted by molar-refractivity contribution is 7.89. The van der Waals surface area contributed by atoms with Gasteiger partial charge in [0.2, 0.25) is 10.0 Å². The first-order chi connectivity index (χ1) is 10.4. The van der Waals surface area contributed by atoms with Crippen molar-refractivity contribution in [2.45, 2.75) is 37.1 Å². The summed E-state index contributed by atoms with van der Waals surface area (Å²) in [6, 6.07) is 4.06. The lowest BCUT2D eigenvalue weighted by Gasteiger charge is -2.16. The van der Waals surface area contributed by atoms with E-state index in [0.717, 1.165) is 12.8 Å². The lowest BCUT2D eigenvalue weighted by Crippen LogP contribution is -2.40. The van der Waals surface area contributed by atoms with Crippen molar-refractivity contribution in [3.8, 4) is 0 Å². The third-order valence-corrected chi connectivity index (χ3v) is 5.10. The average molecular weight is 327 g/mol. The van der Waals surface area contributed by atoms with Crippen LogP contribution >= 0.6 is 0 Å². The minimum atomic E-state index is -3.70. The molecule has 0 aliphatic carbocycles. The van der Waals surface area contributed by atoms with E-state index in [1.54, 1.807) is 13.1 Å². The average Bonchev–Trinajstić information content (AvgIpc) is 2.78. The van der Waals surface area contributed by atoms with Crippen LogP contribution in [0.2, 0.25) is 0 Å². The van der Waals surface area contributed by atoms with E-state index < -0.39 is 15.8 Å². The lowest BCUT2D eigenvalue weighted by atomic mass is 10.1. The Morgan fingerprint density at radius 2 is 2.14 bits per heavy atom. The van der Waals surface area contributed by atoms with E-state index >= 15 is 0 Å². The molecule has 1 atom stereocenters. The Hall–Kier alpha value is -1.64. The zero-order valence-corrected chi connectivity index (χ0v) is 13.5. The monoisotopic (exact) mass is 327 g/mol. The van der Waals surface area contributed by atoms with Gasteiger partial charge in [-0.25, -0.2) is 17.9 Å². The Bertz CT molecular complexity index is 807. The Morgan fingerprint density at radius 1 is 1.41 bits per heavy atom. The predicted molar refractivity (Wildman–Crippen MR) is 84.1 cm³/mol. The summed E-state index contributed by atoms with van der Waals surface area (Å²) < 4.78 is 33.8. The predicted octanol–water partition coefficient (Wildman–Crippen LogP) is 0.927. The second-order valence-electron chi connectivity index (χ2n) is 5.25. The van der Waals surface area contributed by atoms with Gasteiger partial charge in [-0.1, -0.05) is 19.8 Å². The van der Waals surface area contributed by atoms with Crippen molar-refractivity contribution in [2.75, 3.05) is 6.54 Å². The standard InChI is InChI=1S/C14H21N3O4S/c1-3-4-5-10(9-15)16-22(19,20)11-6-7-12-13(8-11)21-14(18)17(12)2/h6-8,10,16H,3-5,9,15H2,1-2H3. The van der Waals surface area contributed by atoms with Crippen molar-refractivity contribution >= 4 is 21.1 Å². The van der Waals surface area contributed by atoms with Gasteiger partial charge in [0.05, 0.1) is 10.4 Å². The van der Waals surface area contributed by atoms with Crippen LogP contribution in [0.1, 0.15) is 26.2 Å². The molecule has 1 heterocycles. The van der Waals surface area contributed by atoms with Gasteiger partial charge in [0.1, 0.15) is 0 Å². The van der Waals surface area contributed by atoms with E-state index in [2.05, 4.69) is 4.72 Å². The Morgan fingerprint density at radius 3 is 2.77 bits per heavy atom. The zero-order chi connectivity index (χ0) is 16.3. The molecule has 0 aliphatic heterocycles. The molecular formula is C14H21N3O4S. The summed E-state index contributed by atoms with van der Waals surface area (Å²) in [5.41, 5.74) is 6.41. The summed E-state index contributed by atoms with van der Waals surface area (Å²) in [4.78, 5) is 11.5. The minimum Gasteiger partial charge on any atom is -0.408 e. The van der Waals surface area contributed by atoms with Crippen molar-refractivity contribution < 1.29 is 12.8 Å². The van der Waals surface area contributed by atoms with Crippen LogP contribution in [0.15, 0.2) is 32.3 Å². The third kappa shape index (κ3) is 3.40. The molecule has 1 aromatic heterocycles. The van der Waals surface area contributed by atoms with E-state index in [-0.39, 0.29) is 23.1 Å². The molecule has 1 aromatic carbocycles. The molecule has 7 nitrogen and oxygen atoms in total. The molecule has 8 heteroatoms. The molecule has 0 amide bonds. The number of nitrogens with two attached hydrogens (primary N) is 1. The fraction of sp³-hybridized carbons (Fsp3) is 0.500. The molecule has 0 fully saturated rings. The molecule has 3 N–H and O–H groups in total. The third-order valence-electron chi connectivity index (χ3n) is 3.59. The fourth-order valence-corrected chi connectivity index (χ4v) is 3.54. The van der Waals surface area contributed by atoms with E-state index in [1.807, 2.05) is 6.92 Å². The highest BCUT2D eigenvalue weighted by Crippen LogP contribution is 2.18. The van der Waals surface area contributed by atoms with Crippen LogP contribution < -0.4 is 16.2 Å². The molecule has 0 radical (unpaired) electrons. The first-order valence-corrected chi connectivity index (χ1v) is 8.69. The number of sulfonamides is 1. The molecule has 122 valence electrons. The SMILES string of the molecule is CCCCC(CN)NS(=O)(=O)c1ccc2c(c1)oc(=O)n2C.